The van der Waals surface area contributed by atoms with Crippen molar-refractivity contribution in [1.82, 2.24) is 14.9 Å². The maximum atomic E-state index is 5.72. The van der Waals surface area contributed by atoms with Crippen LogP contribution >= 0.6 is 0 Å². The Morgan fingerprint density at radius 2 is 1.65 bits per heavy atom. The molecule has 1 atom stereocenters. The number of aryl methyl sites for hydroxylation is 2. The van der Waals surface area contributed by atoms with Crippen molar-refractivity contribution in [1.29, 1.82) is 0 Å². The molecule has 1 unspecified atom stereocenters. The maximum absolute atomic E-state index is 5.72. The van der Waals surface area contributed by atoms with E-state index in [4.69, 9.17) is 5.73 Å². The molecule has 2 N–H and O–H groups in total. The minimum absolute atomic E-state index is 0.484. The lowest BCUT2D eigenvalue weighted by molar-refractivity contribution is 0.305. The first-order valence-corrected chi connectivity index (χ1v) is 7.77. The first kappa shape index (κ1) is 17.1. The number of hydrogen-bond donors (Lipinski definition) is 1. The molecule has 4 nitrogen and oxygen atoms in total. The molecule has 0 radical (unpaired) electrons. The molecule has 0 fully saturated rings. The summed E-state index contributed by atoms with van der Waals surface area (Å²) in [6.07, 6.45) is 1.90. The molecule has 1 heterocycles. The third-order valence-electron chi connectivity index (χ3n) is 3.97. The number of likely N-dealkylation sites (N-methyl/N-ethyl adjacent to an activating group) is 1. The molecule has 0 aliphatic heterocycles. The summed E-state index contributed by atoms with van der Waals surface area (Å²) in [5.41, 5.74) is 9.22. The van der Waals surface area contributed by atoms with Crippen molar-refractivity contribution in [2.45, 2.75) is 47.5 Å². The van der Waals surface area contributed by atoms with Gasteiger partial charge in [-0.25, -0.2) is 9.97 Å². The van der Waals surface area contributed by atoms with Crippen LogP contribution < -0.4 is 5.73 Å². The molecule has 1 aromatic heterocycles. The Morgan fingerprint density at radius 3 is 2.10 bits per heavy atom. The fourth-order valence-corrected chi connectivity index (χ4v) is 2.45. The van der Waals surface area contributed by atoms with Crippen molar-refractivity contribution in [3.8, 4) is 0 Å². The van der Waals surface area contributed by atoms with Crippen molar-refractivity contribution in [3.63, 3.8) is 0 Å². The average Bonchev–Trinajstić information content (AvgIpc) is 2.43. The zero-order chi connectivity index (χ0) is 15.1. The standard InChI is InChI=1S/C16H30N4/c1-6-20(7-2)9-8-16-18-13(4)15(14(5)19-16)10-12(3)11-17/h12H,6-11,17H2,1-5H3. The predicted octanol–water partition coefficient (Wildman–Crippen LogP) is 2.12. The molecule has 0 amide bonds. The highest BCUT2D eigenvalue weighted by Crippen LogP contribution is 2.15. The fraction of sp³-hybridized carbons (Fsp3) is 0.750. The number of hydrogen-bond acceptors (Lipinski definition) is 4. The van der Waals surface area contributed by atoms with Gasteiger partial charge in [0.2, 0.25) is 0 Å². The van der Waals surface area contributed by atoms with Gasteiger partial charge in [-0.05, 0) is 51.4 Å². The highest BCUT2D eigenvalue weighted by Gasteiger charge is 2.12. The number of nitrogens with two attached hydrogens (primary N) is 1. The van der Waals surface area contributed by atoms with Crippen LogP contribution in [0, 0.1) is 19.8 Å². The van der Waals surface area contributed by atoms with E-state index in [1.54, 1.807) is 0 Å². The van der Waals surface area contributed by atoms with E-state index in [-0.39, 0.29) is 0 Å². The molecule has 0 saturated heterocycles. The minimum Gasteiger partial charge on any atom is -0.330 e. The lowest BCUT2D eigenvalue weighted by atomic mass is 9.99. The monoisotopic (exact) mass is 278 g/mol. The lowest BCUT2D eigenvalue weighted by Crippen LogP contribution is -2.26. The summed E-state index contributed by atoms with van der Waals surface area (Å²) in [6.45, 7) is 14.7. The molecule has 1 aromatic rings. The molecule has 0 aromatic carbocycles. The van der Waals surface area contributed by atoms with Gasteiger partial charge >= 0.3 is 0 Å². The number of aromatic nitrogens is 2. The Bertz CT molecular complexity index is 390. The first-order valence-electron chi connectivity index (χ1n) is 7.77. The SMILES string of the molecule is CCN(CC)CCc1nc(C)c(CC(C)CN)c(C)n1. The third-order valence-corrected chi connectivity index (χ3v) is 3.97. The highest BCUT2D eigenvalue weighted by molar-refractivity contribution is 5.25. The van der Waals surface area contributed by atoms with E-state index in [0.717, 1.165) is 49.7 Å². The maximum Gasteiger partial charge on any atom is 0.130 e. The van der Waals surface area contributed by atoms with E-state index in [1.807, 2.05) is 0 Å². The van der Waals surface area contributed by atoms with Crippen LogP contribution in [0.2, 0.25) is 0 Å². The van der Waals surface area contributed by atoms with Gasteiger partial charge in [0, 0.05) is 24.4 Å². The van der Waals surface area contributed by atoms with Crippen LogP contribution in [0.15, 0.2) is 0 Å². The van der Waals surface area contributed by atoms with Crippen LogP contribution in [0.4, 0.5) is 0 Å². The largest absolute Gasteiger partial charge is 0.330 e. The number of rotatable bonds is 8. The van der Waals surface area contributed by atoms with Gasteiger partial charge < -0.3 is 10.6 Å². The van der Waals surface area contributed by atoms with E-state index in [1.165, 1.54) is 5.56 Å². The van der Waals surface area contributed by atoms with Crippen molar-refractivity contribution in [3.05, 3.63) is 22.8 Å². The predicted molar refractivity (Wildman–Crippen MR) is 84.9 cm³/mol. The van der Waals surface area contributed by atoms with E-state index in [0.29, 0.717) is 12.5 Å². The van der Waals surface area contributed by atoms with Crippen LogP contribution in [0.25, 0.3) is 0 Å². The van der Waals surface area contributed by atoms with Gasteiger partial charge in [-0.2, -0.15) is 0 Å². The smallest absolute Gasteiger partial charge is 0.130 e. The fourth-order valence-electron chi connectivity index (χ4n) is 2.45. The van der Waals surface area contributed by atoms with E-state index in [9.17, 15) is 0 Å². The van der Waals surface area contributed by atoms with E-state index >= 15 is 0 Å². The molecule has 0 saturated carbocycles. The average molecular weight is 278 g/mol. The molecule has 0 bridgehead atoms. The molecular weight excluding hydrogens is 248 g/mol. The van der Waals surface area contributed by atoms with Crippen molar-refractivity contribution >= 4 is 0 Å². The Morgan fingerprint density at radius 1 is 1.10 bits per heavy atom. The van der Waals surface area contributed by atoms with Crippen molar-refractivity contribution < 1.29 is 0 Å². The second kappa shape index (κ2) is 8.32. The summed E-state index contributed by atoms with van der Waals surface area (Å²) in [5, 5.41) is 0. The summed E-state index contributed by atoms with van der Waals surface area (Å²) >= 11 is 0. The summed E-state index contributed by atoms with van der Waals surface area (Å²) in [6, 6.07) is 0. The van der Waals surface area contributed by atoms with Gasteiger partial charge in [0.1, 0.15) is 5.82 Å². The Balaban J connectivity index is 2.77. The molecule has 20 heavy (non-hydrogen) atoms. The van der Waals surface area contributed by atoms with Gasteiger partial charge in [-0.3, -0.25) is 0 Å². The molecule has 1 rings (SSSR count). The lowest BCUT2D eigenvalue weighted by Gasteiger charge is -2.18. The molecule has 0 spiro atoms. The normalized spacial score (nSPS) is 12.9. The molecule has 0 aliphatic carbocycles. The van der Waals surface area contributed by atoms with Crippen LogP contribution in [0.5, 0.6) is 0 Å². The second-order valence-electron chi connectivity index (χ2n) is 5.61. The Kier molecular flexibility index (Phi) is 7.10. The zero-order valence-corrected chi connectivity index (χ0v) is 13.7. The van der Waals surface area contributed by atoms with Crippen LogP contribution in [-0.2, 0) is 12.8 Å². The molecule has 0 aliphatic rings. The van der Waals surface area contributed by atoms with Crippen LogP contribution in [0.3, 0.4) is 0 Å². The van der Waals surface area contributed by atoms with Gasteiger partial charge in [0.05, 0.1) is 0 Å². The molecule has 114 valence electrons. The summed E-state index contributed by atoms with van der Waals surface area (Å²) < 4.78 is 0. The van der Waals surface area contributed by atoms with Crippen LogP contribution in [0.1, 0.15) is 43.5 Å². The first-order chi connectivity index (χ1) is 9.51. The Hall–Kier alpha value is -1.00. The van der Waals surface area contributed by atoms with E-state index in [2.05, 4.69) is 49.5 Å². The van der Waals surface area contributed by atoms with Gasteiger partial charge in [0.25, 0.3) is 0 Å². The molecule has 4 heteroatoms. The Labute approximate surface area is 123 Å². The van der Waals surface area contributed by atoms with Crippen LogP contribution in [-0.4, -0.2) is 41.0 Å². The highest BCUT2D eigenvalue weighted by atomic mass is 15.1. The quantitative estimate of drug-likeness (QED) is 0.791. The van der Waals surface area contributed by atoms with Gasteiger partial charge in [-0.1, -0.05) is 20.8 Å². The second-order valence-corrected chi connectivity index (χ2v) is 5.61. The third kappa shape index (κ3) is 4.84. The zero-order valence-electron chi connectivity index (χ0n) is 13.7. The summed E-state index contributed by atoms with van der Waals surface area (Å²) in [7, 11) is 0. The minimum atomic E-state index is 0.484. The number of nitrogens with zero attached hydrogens (tertiary/aromatic N) is 3. The summed E-state index contributed by atoms with van der Waals surface area (Å²) in [4.78, 5) is 11.8. The van der Waals surface area contributed by atoms with E-state index < -0.39 is 0 Å². The summed E-state index contributed by atoms with van der Waals surface area (Å²) in [5.74, 6) is 1.45. The van der Waals surface area contributed by atoms with Gasteiger partial charge in [0.15, 0.2) is 0 Å². The molecular formula is C16H30N4. The van der Waals surface area contributed by atoms with Crippen molar-refractivity contribution in [2.75, 3.05) is 26.2 Å². The topological polar surface area (TPSA) is 55.0 Å². The van der Waals surface area contributed by atoms with Gasteiger partial charge in [-0.15, -0.1) is 0 Å². The van der Waals surface area contributed by atoms with Crippen molar-refractivity contribution in [2.24, 2.45) is 11.7 Å².